The molecule has 0 spiro atoms. The Morgan fingerprint density at radius 3 is 2.64 bits per heavy atom. The van der Waals surface area contributed by atoms with Gasteiger partial charge in [0.15, 0.2) is 17.0 Å². The summed E-state index contributed by atoms with van der Waals surface area (Å²) in [6.07, 6.45) is 8.54. The molecule has 2 bridgehead atoms. The molecule has 2 aliphatic rings. The molecule has 2 saturated heterocycles. The molecule has 136 valence electrons. The number of imidazole rings is 1. The molecule has 2 unspecified atom stereocenters. The normalized spacial score (nSPS) is 26.4. The van der Waals surface area contributed by atoms with Gasteiger partial charge in [-0.15, -0.1) is 0 Å². The van der Waals surface area contributed by atoms with Crippen molar-refractivity contribution in [3.05, 3.63) is 12.7 Å². The molecule has 4 heterocycles. The van der Waals surface area contributed by atoms with Crippen molar-refractivity contribution in [2.75, 3.05) is 32.2 Å². The summed E-state index contributed by atoms with van der Waals surface area (Å²) in [5.41, 5.74) is 1.85. The van der Waals surface area contributed by atoms with Crippen molar-refractivity contribution in [2.45, 2.75) is 57.3 Å². The highest BCUT2D eigenvalue weighted by Gasteiger charge is 2.41. The van der Waals surface area contributed by atoms with Gasteiger partial charge in [-0.1, -0.05) is 0 Å². The second-order valence-electron chi connectivity index (χ2n) is 7.25. The minimum Gasteiger partial charge on any atom is -0.383 e. The van der Waals surface area contributed by atoms with E-state index >= 15 is 0 Å². The maximum absolute atomic E-state index is 5.29. The largest absolute Gasteiger partial charge is 0.383 e. The molecule has 25 heavy (non-hydrogen) atoms. The van der Waals surface area contributed by atoms with Gasteiger partial charge in [0.05, 0.1) is 12.9 Å². The Balaban J connectivity index is 1.55. The highest BCUT2D eigenvalue weighted by atomic mass is 16.5. The lowest BCUT2D eigenvalue weighted by Gasteiger charge is -2.42. The molecule has 4 rings (SSSR count). The molecule has 0 N–H and O–H groups in total. The molecule has 0 saturated carbocycles. The second kappa shape index (κ2) is 6.88. The second-order valence-corrected chi connectivity index (χ2v) is 7.25. The van der Waals surface area contributed by atoms with Gasteiger partial charge in [-0.2, -0.15) is 0 Å². The Hall–Kier alpha value is -1.73. The Bertz CT molecular complexity index is 717. The number of anilines is 1. The fraction of sp³-hybridized carbons (Fsp3) is 0.722. The monoisotopic (exact) mass is 344 g/mol. The van der Waals surface area contributed by atoms with Gasteiger partial charge < -0.3 is 14.2 Å². The number of aromatic nitrogens is 4. The van der Waals surface area contributed by atoms with E-state index in [-0.39, 0.29) is 0 Å². The first-order valence-corrected chi connectivity index (χ1v) is 9.36. The Labute approximate surface area is 149 Å². The van der Waals surface area contributed by atoms with Crippen molar-refractivity contribution in [1.82, 2.24) is 24.4 Å². The third-order valence-electron chi connectivity index (χ3n) is 6.02. The fourth-order valence-corrected chi connectivity index (χ4v) is 4.65. The summed E-state index contributed by atoms with van der Waals surface area (Å²) in [5.74, 6) is 0.965. The van der Waals surface area contributed by atoms with Crippen LogP contribution in [-0.4, -0.2) is 69.9 Å². The molecule has 2 aliphatic heterocycles. The zero-order valence-electron chi connectivity index (χ0n) is 15.4. The zero-order valence-corrected chi connectivity index (χ0v) is 15.4. The molecule has 0 aromatic carbocycles. The predicted octanol–water partition coefficient (Wildman–Crippen LogP) is 1.92. The van der Waals surface area contributed by atoms with E-state index < -0.39 is 0 Å². The molecule has 7 heteroatoms. The first kappa shape index (κ1) is 16.7. The lowest BCUT2D eigenvalue weighted by Crippen LogP contribution is -2.50. The summed E-state index contributed by atoms with van der Waals surface area (Å²) < 4.78 is 7.37. The summed E-state index contributed by atoms with van der Waals surface area (Å²) >= 11 is 0. The first-order valence-electron chi connectivity index (χ1n) is 9.36. The smallest absolute Gasteiger partial charge is 0.165 e. The van der Waals surface area contributed by atoms with Gasteiger partial charge in [-0.05, 0) is 32.6 Å². The van der Waals surface area contributed by atoms with Crippen LogP contribution in [0.25, 0.3) is 11.2 Å². The van der Waals surface area contributed by atoms with Gasteiger partial charge in [-0.3, -0.25) is 4.90 Å². The van der Waals surface area contributed by atoms with Crippen LogP contribution in [0.2, 0.25) is 0 Å². The highest BCUT2D eigenvalue weighted by Crippen LogP contribution is 2.38. The van der Waals surface area contributed by atoms with Crippen molar-refractivity contribution in [3.8, 4) is 0 Å². The lowest BCUT2D eigenvalue weighted by atomic mass is 9.96. The summed E-state index contributed by atoms with van der Waals surface area (Å²) in [4.78, 5) is 18.6. The Morgan fingerprint density at radius 1 is 1.20 bits per heavy atom. The van der Waals surface area contributed by atoms with Crippen LogP contribution in [-0.2, 0) is 11.3 Å². The third kappa shape index (κ3) is 2.89. The number of aryl methyl sites for hydroxylation is 1. The van der Waals surface area contributed by atoms with Gasteiger partial charge >= 0.3 is 0 Å². The van der Waals surface area contributed by atoms with Crippen molar-refractivity contribution in [2.24, 2.45) is 0 Å². The third-order valence-corrected chi connectivity index (χ3v) is 6.02. The van der Waals surface area contributed by atoms with Crippen LogP contribution in [0, 0.1) is 0 Å². The van der Waals surface area contributed by atoms with Gasteiger partial charge in [0, 0.05) is 45.4 Å². The predicted molar refractivity (Wildman–Crippen MR) is 97.8 cm³/mol. The van der Waals surface area contributed by atoms with Crippen LogP contribution in [0.4, 0.5) is 5.82 Å². The van der Waals surface area contributed by atoms with Crippen LogP contribution in [0.15, 0.2) is 12.7 Å². The summed E-state index contributed by atoms with van der Waals surface area (Å²) in [7, 11) is 3.96. The molecule has 2 aromatic rings. The van der Waals surface area contributed by atoms with Gasteiger partial charge in [-0.25, -0.2) is 15.0 Å². The lowest BCUT2D eigenvalue weighted by molar-refractivity contribution is 0.0831. The minimum absolute atomic E-state index is 0.515. The van der Waals surface area contributed by atoms with Crippen molar-refractivity contribution < 1.29 is 4.74 Å². The van der Waals surface area contributed by atoms with E-state index in [1.54, 1.807) is 13.4 Å². The minimum atomic E-state index is 0.515. The average molecular weight is 344 g/mol. The number of rotatable bonds is 6. The Kier molecular flexibility index (Phi) is 4.60. The first-order chi connectivity index (χ1) is 12.2. The molecule has 0 aliphatic carbocycles. The topological polar surface area (TPSA) is 59.3 Å². The van der Waals surface area contributed by atoms with E-state index in [1.165, 1.54) is 25.7 Å². The molecule has 2 fully saturated rings. The molecule has 2 aromatic heterocycles. The maximum Gasteiger partial charge on any atom is 0.165 e. The van der Waals surface area contributed by atoms with E-state index in [4.69, 9.17) is 4.74 Å². The van der Waals surface area contributed by atoms with Crippen molar-refractivity contribution >= 4 is 17.0 Å². The molecular weight excluding hydrogens is 316 g/mol. The standard InChI is InChI=1S/C18H28N6O/c1-4-23-12-21-16-17(19-11-20-18(16)23)22(2)15-9-13-5-6-14(10-15)24(13)7-8-25-3/h11-15H,4-10H2,1-3H3. The number of piperidine rings is 1. The van der Waals surface area contributed by atoms with Crippen molar-refractivity contribution in [3.63, 3.8) is 0 Å². The quantitative estimate of drug-likeness (QED) is 0.798. The summed E-state index contributed by atoms with van der Waals surface area (Å²) in [5, 5.41) is 0. The number of nitrogens with zero attached hydrogens (tertiary/aromatic N) is 6. The Morgan fingerprint density at radius 2 is 1.96 bits per heavy atom. The van der Waals surface area contributed by atoms with E-state index in [2.05, 4.69) is 43.3 Å². The maximum atomic E-state index is 5.29. The van der Waals surface area contributed by atoms with Crippen LogP contribution in [0.5, 0.6) is 0 Å². The SMILES string of the molecule is CCn1cnc2c(N(C)C3CC4CCC(C3)N4CCOC)ncnc21. The van der Waals surface area contributed by atoms with E-state index in [0.717, 1.165) is 36.7 Å². The van der Waals surface area contributed by atoms with E-state index in [1.807, 2.05) is 6.33 Å². The van der Waals surface area contributed by atoms with E-state index in [9.17, 15) is 0 Å². The number of hydrogen-bond donors (Lipinski definition) is 0. The molecule has 7 nitrogen and oxygen atoms in total. The number of ether oxygens (including phenoxy) is 1. The number of methoxy groups -OCH3 is 1. The van der Waals surface area contributed by atoms with Crippen LogP contribution >= 0.6 is 0 Å². The average Bonchev–Trinajstić information content (AvgIpc) is 3.16. The number of hydrogen-bond acceptors (Lipinski definition) is 6. The molecular formula is C18H28N6O. The summed E-state index contributed by atoms with van der Waals surface area (Å²) in [6.45, 7) is 4.87. The fourth-order valence-electron chi connectivity index (χ4n) is 4.65. The molecule has 0 radical (unpaired) electrons. The van der Waals surface area contributed by atoms with Crippen LogP contribution < -0.4 is 4.90 Å². The van der Waals surface area contributed by atoms with Crippen LogP contribution in [0.3, 0.4) is 0 Å². The number of fused-ring (bicyclic) bond motifs is 3. The van der Waals surface area contributed by atoms with Gasteiger partial charge in [0.2, 0.25) is 0 Å². The van der Waals surface area contributed by atoms with E-state index in [0.29, 0.717) is 18.1 Å². The highest BCUT2D eigenvalue weighted by molar-refractivity contribution is 5.83. The summed E-state index contributed by atoms with van der Waals surface area (Å²) in [6, 6.07) is 1.86. The zero-order chi connectivity index (χ0) is 17.4. The van der Waals surface area contributed by atoms with Crippen molar-refractivity contribution in [1.29, 1.82) is 0 Å². The van der Waals surface area contributed by atoms with Crippen LogP contribution in [0.1, 0.15) is 32.6 Å². The molecule has 2 atom stereocenters. The van der Waals surface area contributed by atoms with Gasteiger partial charge in [0.1, 0.15) is 6.33 Å². The molecule has 0 amide bonds. The van der Waals surface area contributed by atoms with Gasteiger partial charge in [0.25, 0.3) is 0 Å².